The topological polar surface area (TPSA) is 57.9 Å². The van der Waals surface area contributed by atoms with E-state index in [0.717, 1.165) is 6.07 Å². The molecule has 0 saturated heterocycles. The fraction of sp³-hybridized carbons (Fsp3) is 0.100. The molecule has 0 atom stereocenters. The average molecular weight is 262 g/mol. The molecule has 0 aromatic heterocycles. The molecular formula is C10H3ClF3NO2. The van der Waals surface area contributed by atoms with Gasteiger partial charge in [0.25, 0.3) is 5.24 Å². The van der Waals surface area contributed by atoms with Gasteiger partial charge < -0.3 is 0 Å². The van der Waals surface area contributed by atoms with Crippen LogP contribution < -0.4 is 0 Å². The molecule has 7 heteroatoms. The van der Waals surface area contributed by atoms with E-state index in [1.54, 1.807) is 0 Å². The first-order valence-corrected chi connectivity index (χ1v) is 4.49. The van der Waals surface area contributed by atoms with Crippen molar-refractivity contribution in [1.29, 1.82) is 5.26 Å². The van der Waals surface area contributed by atoms with Crippen LogP contribution in [0.4, 0.5) is 13.2 Å². The zero-order chi connectivity index (χ0) is 13.2. The van der Waals surface area contributed by atoms with Crippen molar-refractivity contribution in [3.63, 3.8) is 0 Å². The second-order valence-electron chi connectivity index (χ2n) is 2.99. The molecule has 0 heterocycles. The van der Waals surface area contributed by atoms with Gasteiger partial charge in [-0.15, -0.1) is 0 Å². The van der Waals surface area contributed by atoms with Crippen molar-refractivity contribution in [1.82, 2.24) is 0 Å². The van der Waals surface area contributed by atoms with E-state index in [4.69, 9.17) is 16.9 Å². The van der Waals surface area contributed by atoms with E-state index in [1.807, 2.05) is 0 Å². The van der Waals surface area contributed by atoms with Crippen molar-refractivity contribution in [3.8, 4) is 6.07 Å². The molecule has 0 radical (unpaired) electrons. The lowest BCUT2D eigenvalue weighted by Gasteiger charge is -2.11. The Balaban J connectivity index is 3.67. The summed E-state index contributed by atoms with van der Waals surface area (Å²) in [5.74, 6) is 0. The van der Waals surface area contributed by atoms with Gasteiger partial charge in [0, 0.05) is 11.1 Å². The van der Waals surface area contributed by atoms with Gasteiger partial charge in [-0.3, -0.25) is 9.59 Å². The van der Waals surface area contributed by atoms with E-state index < -0.39 is 33.7 Å². The van der Waals surface area contributed by atoms with Crippen LogP contribution in [-0.4, -0.2) is 11.5 Å². The molecule has 0 spiro atoms. The summed E-state index contributed by atoms with van der Waals surface area (Å²) in [4.78, 5) is 21.4. The number of hydrogen-bond donors (Lipinski definition) is 0. The normalized spacial score (nSPS) is 10.8. The van der Waals surface area contributed by atoms with Gasteiger partial charge in [-0.25, -0.2) is 0 Å². The highest BCUT2D eigenvalue weighted by molar-refractivity contribution is 6.67. The van der Waals surface area contributed by atoms with Crippen molar-refractivity contribution in [2.24, 2.45) is 0 Å². The number of nitriles is 1. The van der Waals surface area contributed by atoms with Crippen LogP contribution in [0.5, 0.6) is 0 Å². The van der Waals surface area contributed by atoms with E-state index in [2.05, 4.69) is 0 Å². The van der Waals surface area contributed by atoms with Crippen molar-refractivity contribution >= 4 is 23.1 Å². The van der Waals surface area contributed by atoms with Crippen LogP contribution in [0.1, 0.15) is 31.8 Å². The van der Waals surface area contributed by atoms with E-state index in [9.17, 15) is 22.8 Å². The second kappa shape index (κ2) is 4.55. The van der Waals surface area contributed by atoms with E-state index in [1.165, 1.54) is 6.07 Å². The van der Waals surface area contributed by atoms with Crippen LogP contribution in [0.3, 0.4) is 0 Å². The summed E-state index contributed by atoms with van der Waals surface area (Å²) in [5.41, 5.74) is -3.18. The van der Waals surface area contributed by atoms with Crippen molar-refractivity contribution in [3.05, 3.63) is 34.4 Å². The molecule has 0 aliphatic carbocycles. The number of alkyl halides is 3. The van der Waals surface area contributed by atoms with Gasteiger partial charge in [0.05, 0.1) is 17.2 Å². The van der Waals surface area contributed by atoms with Gasteiger partial charge in [-0.05, 0) is 23.7 Å². The van der Waals surface area contributed by atoms with Gasteiger partial charge in [-0.2, -0.15) is 18.4 Å². The third-order valence-corrected chi connectivity index (χ3v) is 2.17. The highest BCUT2D eigenvalue weighted by Gasteiger charge is 2.35. The Morgan fingerprint density at radius 2 is 2.00 bits per heavy atom. The molecule has 0 bridgehead atoms. The summed E-state index contributed by atoms with van der Waals surface area (Å²) in [5, 5.41) is 7.48. The Morgan fingerprint density at radius 3 is 2.35 bits per heavy atom. The lowest BCUT2D eigenvalue weighted by Crippen LogP contribution is -2.12. The lowest BCUT2D eigenvalue weighted by molar-refractivity contribution is -0.137. The molecule has 0 saturated carbocycles. The van der Waals surface area contributed by atoms with E-state index >= 15 is 0 Å². The van der Waals surface area contributed by atoms with E-state index in [-0.39, 0.29) is 6.29 Å². The van der Waals surface area contributed by atoms with Crippen molar-refractivity contribution in [2.75, 3.05) is 0 Å². The van der Waals surface area contributed by atoms with Crippen LogP contribution in [0.25, 0.3) is 0 Å². The van der Waals surface area contributed by atoms with Gasteiger partial charge in [0.15, 0.2) is 6.29 Å². The predicted molar refractivity (Wildman–Crippen MR) is 51.7 cm³/mol. The van der Waals surface area contributed by atoms with Crippen molar-refractivity contribution < 1.29 is 22.8 Å². The first-order valence-electron chi connectivity index (χ1n) is 4.11. The Kier molecular flexibility index (Phi) is 3.53. The molecule has 0 aliphatic heterocycles. The minimum Gasteiger partial charge on any atom is -0.298 e. The number of nitrogens with zero attached hydrogens (tertiary/aromatic N) is 1. The number of carbonyl (C=O) groups excluding carboxylic acids is 2. The average Bonchev–Trinajstić information content (AvgIpc) is 2.25. The maximum absolute atomic E-state index is 12.6. The first-order chi connectivity index (χ1) is 7.81. The van der Waals surface area contributed by atoms with Crippen LogP contribution in [-0.2, 0) is 6.18 Å². The highest BCUT2D eigenvalue weighted by Crippen LogP contribution is 2.33. The summed E-state index contributed by atoms with van der Waals surface area (Å²) in [6.07, 6.45) is -4.92. The fourth-order valence-corrected chi connectivity index (χ4v) is 1.33. The molecule has 0 aliphatic rings. The summed E-state index contributed by atoms with van der Waals surface area (Å²) >= 11 is 5.05. The first kappa shape index (κ1) is 13.2. The number of aldehydes is 1. The molecule has 0 amide bonds. The molecule has 1 aromatic carbocycles. The van der Waals surface area contributed by atoms with Gasteiger partial charge in [0.2, 0.25) is 0 Å². The summed E-state index contributed by atoms with van der Waals surface area (Å²) < 4.78 is 37.7. The lowest BCUT2D eigenvalue weighted by atomic mass is 9.99. The van der Waals surface area contributed by atoms with E-state index in [0.29, 0.717) is 6.07 Å². The SMILES string of the molecule is N#Cc1cc(C(=O)Cl)cc(C(F)(F)F)c1C=O. The van der Waals surface area contributed by atoms with Crippen molar-refractivity contribution in [2.45, 2.75) is 6.18 Å². The second-order valence-corrected chi connectivity index (χ2v) is 3.33. The molecule has 0 N–H and O–H groups in total. The minimum atomic E-state index is -4.84. The maximum atomic E-state index is 12.6. The fourth-order valence-electron chi connectivity index (χ4n) is 1.22. The number of hydrogen-bond acceptors (Lipinski definition) is 3. The third kappa shape index (κ3) is 2.63. The summed E-state index contributed by atoms with van der Waals surface area (Å²) in [7, 11) is 0. The van der Waals surface area contributed by atoms with Crippen LogP contribution in [0.2, 0.25) is 0 Å². The molecule has 3 nitrogen and oxygen atoms in total. The Hall–Kier alpha value is -1.87. The monoisotopic (exact) mass is 261 g/mol. The largest absolute Gasteiger partial charge is 0.417 e. The van der Waals surface area contributed by atoms with Crippen LogP contribution in [0, 0.1) is 11.3 Å². The predicted octanol–water partition coefficient (Wildman–Crippen LogP) is 2.77. The Morgan fingerprint density at radius 1 is 1.41 bits per heavy atom. The molecule has 0 fully saturated rings. The molecule has 88 valence electrons. The highest BCUT2D eigenvalue weighted by atomic mass is 35.5. The number of carbonyl (C=O) groups is 2. The van der Waals surface area contributed by atoms with Crippen LogP contribution in [0.15, 0.2) is 12.1 Å². The smallest absolute Gasteiger partial charge is 0.298 e. The number of benzene rings is 1. The molecule has 0 unspecified atom stereocenters. The number of halogens is 4. The molecule has 17 heavy (non-hydrogen) atoms. The molecule has 1 rings (SSSR count). The maximum Gasteiger partial charge on any atom is 0.417 e. The minimum absolute atomic E-state index is 0.0795. The Bertz CT molecular complexity index is 532. The summed E-state index contributed by atoms with van der Waals surface area (Å²) in [6, 6.07) is 2.70. The molecule has 1 aromatic rings. The quantitative estimate of drug-likeness (QED) is 0.607. The Labute approximate surface area is 98.4 Å². The standard InChI is InChI=1S/C10H3ClF3NO2/c11-9(17)5-1-6(3-15)7(4-16)8(2-5)10(12,13)14/h1-2,4H. The summed E-state index contributed by atoms with van der Waals surface area (Å²) in [6.45, 7) is 0. The van der Waals surface area contributed by atoms with Crippen LogP contribution >= 0.6 is 11.6 Å². The zero-order valence-electron chi connectivity index (χ0n) is 8.01. The number of rotatable bonds is 2. The molecular weight excluding hydrogens is 259 g/mol. The third-order valence-electron chi connectivity index (χ3n) is 1.95. The van der Waals surface area contributed by atoms with Gasteiger partial charge in [0.1, 0.15) is 0 Å². The van der Waals surface area contributed by atoms with Gasteiger partial charge in [-0.1, -0.05) is 0 Å². The van der Waals surface area contributed by atoms with Gasteiger partial charge >= 0.3 is 6.18 Å². The zero-order valence-corrected chi connectivity index (χ0v) is 8.76.